The number of aryl methyl sites for hydroxylation is 2. The second-order valence-corrected chi connectivity index (χ2v) is 5.58. The van der Waals surface area contributed by atoms with Gasteiger partial charge in [-0.25, -0.2) is 8.42 Å². The summed E-state index contributed by atoms with van der Waals surface area (Å²) in [6.45, 7) is 1.92. The molecule has 1 aromatic rings. The highest BCUT2D eigenvalue weighted by atomic mass is 32.2. The third kappa shape index (κ3) is 1.72. The number of pyridine rings is 1. The van der Waals surface area contributed by atoms with Crippen LogP contribution in [0.15, 0.2) is 12.1 Å². The molecule has 3 nitrogen and oxygen atoms in total. The van der Waals surface area contributed by atoms with Gasteiger partial charge in [0, 0.05) is 17.8 Å². The smallest absolute Gasteiger partial charge is 0.154 e. The van der Waals surface area contributed by atoms with Gasteiger partial charge in [-0.2, -0.15) is 0 Å². The first-order chi connectivity index (χ1) is 6.07. The third-order valence-electron chi connectivity index (χ3n) is 2.23. The van der Waals surface area contributed by atoms with E-state index in [-0.39, 0.29) is 11.5 Å². The van der Waals surface area contributed by atoms with E-state index in [1.165, 1.54) is 0 Å². The first-order valence-electron chi connectivity index (χ1n) is 4.23. The van der Waals surface area contributed by atoms with Gasteiger partial charge in [0.25, 0.3) is 0 Å². The number of nitrogens with zero attached hydrogens (tertiary/aromatic N) is 1. The van der Waals surface area contributed by atoms with Crippen LogP contribution in [0, 0.1) is 6.92 Å². The van der Waals surface area contributed by atoms with Crippen molar-refractivity contribution in [2.24, 2.45) is 0 Å². The van der Waals surface area contributed by atoms with Crippen molar-refractivity contribution in [3.05, 3.63) is 29.1 Å². The van der Waals surface area contributed by atoms with Crippen molar-refractivity contribution in [2.75, 3.05) is 5.75 Å². The van der Waals surface area contributed by atoms with Crippen LogP contribution >= 0.6 is 0 Å². The second-order valence-electron chi connectivity index (χ2n) is 3.40. The average molecular weight is 197 g/mol. The van der Waals surface area contributed by atoms with E-state index in [0.717, 1.165) is 17.0 Å². The molecule has 2 heterocycles. The Balaban J connectivity index is 2.48. The Morgan fingerprint density at radius 3 is 2.92 bits per heavy atom. The fraction of sp³-hybridized carbons (Fsp3) is 0.444. The van der Waals surface area contributed by atoms with Gasteiger partial charge in [-0.1, -0.05) is 6.07 Å². The number of fused-ring (bicyclic) bond motifs is 1. The van der Waals surface area contributed by atoms with Crippen molar-refractivity contribution in [2.45, 2.75) is 19.1 Å². The lowest BCUT2D eigenvalue weighted by molar-refractivity contribution is 0.590. The summed E-state index contributed by atoms with van der Waals surface area (Å²) in [5, 5.41) is 0. The predicted molar refractivity (Wildman–Crippen MR) is 50.2 cm³/mol. The molecule has 0 radical (unpaired) electrons. The highest BCUT2D eigenvalue weighted by Gasteiger charge is 2.21. The Labute approximate surface area is 77.7 Å². The van der Waals surface area contributed by atoms with Crippen LogP contribution in [0.25, 0.3) is 0 Å². The molecular formula is C9H11NO2S. The summed E-state index contributed by atoms with van der Waals surface area (Å²) in [5.74, 6) is 0.409. The van der Waals surface area contributed by atoms with Crippen LogP contribution < -0.4 is 0 Å². The van der Waals surface area contributed by atoms with Gasteiger partial charge in [-0.15, -0.1) is 0 Å². The van der Waals surface area contributed by atoms with Crippen LogP contribution in [0.2, 0.25) is 0 Å². The molecule has 70 valence electrons. The number of aromatic nitrogens is 1. The van der Waals surface area contributed by atoms with Gasteiger partial charge in [-0.3, -0.25) is 4.98 Å². The minimum absolute atomic E-state index is 0.162. The van der Waals surface area contributed by atoms with E-state index in [2.05, 4.69) is 4.98 Å². The van der Waals surface area contributed by atoms with Gasteiger partial charge in [0.15, 0.2) is 9.84 Å². The van der Waals surface area contributed by atoms with Crippen molar-refractivity contribution in [3.8, 4) is 0 Å². The zero-order valence-electron chi connectivity index (χ0n) is 7.45. The molecule has 4 heteroatoms. The highest BCUT2D eigenvalue weighted by molar-refractivity contribution is 7.90. The molecule has 0 saturated heterocycles. The maximum absolute atomic E-state index is 11.3. The number of rotatable bonds is 0. The summed E-state index contributed by atoms with van der Waals surface area (Å²) in [6, 6.07) is 3.73. The topological polar surface area (TPSA) is 47.0 Å². The van der Waals surface area contributed by atoms with E-state index in [1.54, 1.807) is 0 Å². The lowest BCUT2D eigenvalue weighted by atomic mass is 10.1. The van der Waals surface area contributed by atoms with Crippen molar-refractivity contribution in [3.63, 3.8) is 0 Å². The molecule has 1 aliphatic rings. The predicted octanol–water partition coefficient (Wildman–Crippen LogP) is 0.861. The molecule has 0 unspecified atom stereocenters. The Hall–Kier alpha value is -0.900. The van der Waals surface area contributed by atoms with E-state index in [0.29, 0.717) is 6.42 Å². The first-order valence-corrected chi connectivity index (χ1v) is 6.05. The number of sulfone groups is 1. The molecule has 13 heavy (non-hydrogen) atoms. The molecule has 0 N–H and O–H groups in total. The van der Waals surface area contributed by atoms with E-state index < -0.39 is 9.84 Å². The lowest BCUT2D eigenvalue weighted by Gasteiger charge is -2.15. The normalized spacial score (nSPS) is 19.5. The van der Waals surface area contributed by atoms with Crippen molar-refractivity contribution in [1.82, 2.24) is 4.98 Å². The summed E-state index contributed by atoms with van der Waals surface area (Å²) in [7, 11) is -2.85. The molecule has 0 aliphatic carbocycles. The standard InChI is InChI=1S/C9H11NO2S/c1-7-2-3-8-6-13(11,12)5-4-9(8)10-7/h2-3H,4-6H2,1H3. The quantitative estimate of drug-likeness (QED) is 0.619. The molecule has 1 aliphatic heterocycles. The van der Waals surface area contributed by atoms with E-state index in [4.69, 9.17) is 0 Å². The molecule has 0 fully saturated rings. The minimum atomic E-state index is -2.85. The maximum atomic E-state index is 11.3. The van der Waals surface area contributed by atoms with E-state index >= 15 is 0 Å². The maximum Gasteiger partial charge on any atom is 0.154 e. The number of hydrogen-bond acceptors (Lipinski definition) is 3. The summed E-state index contributed by atoms with van der Waals surface area (Å²) in [4.78, 5) is 4.31. The van der Waals surface area contributed by atoms with Crippen molar-refractivity contribution < 1.29 is 8.42 Å². The Morgan fingerprint density at radius 2 is 2.15 bits per heavy atom. The first kappa shape index (κ1) is 8.69. The molecule has 0 amide bonds. The number of hydrogen-bond donors (Lipinski definition) is 0. The lowest BCUT2D eigenvalue weighted by Crippen LogP contribution is -2.20. The van der Waals surface area contributed by atoms with Crippen LogP contribution in [-0.2, 0) is 22.0 Å². The monoisotopic (exact) mass is 197 g/mol. The summed E-state index contributed by atoms with van der Waals surface area (Å²) < 4.78 is 22.5. The fourth-order valence-corrected chi connectivity index (χ4v) is 2.93. The fourth-order valence-electron chi connectivity index (χ4n) is 1.55. The van der Waals surface area contributed by atoms with Gasteiger partial charge < -0.3 is 0 Å². The van der Waals surface area contributed by atoms with Gasteiger partial charge >= 0.3 is 0 Å². The average Bonchev–Trinajstić information content (AvgIpc) is 2.05. The van der Waals surface area contributed by atoms with Gasteiger partial charge in [-0.05, 0) is 18.6 Å². The van der Waals surface area contributed by atoms with Crippen LogP contribution in [0.4, 0.5) is 0 Å². The van der Waals surface area contributed by atoms with Crippen LogP contribution in [0.1, 0.15) is 17.0 Å². The second kappa shape index (κ2) is 2.80. The molecule has 1 aromatic heterocycles. The third-order valence-corrected chi connectivity index (χ3v) is 3.81. The molecule has 0 bridgehead atoms. The highest BCUT2D eigenvalue weighted by Crippen LogP contribution is 2.18. The van der Waals surface area contributed by atoms with E-state index in [9.17, 15) is 8.42 Å². The molecule has 2 rings (SSSR count). The summed E-state index contributed by atoms with van der Waals surface area (Å²) in [6.07, 6.45) is 0.569. The SMILES string of the molecule is Cc1ccc2c(n1)CCS(=O)(=O)C2. The Bertz CT molecular complexity index is 437. The van der Waals surface area contributed by atoms with Crippen LogP contribution in [0.5, 0.6) is 0 Å². The van der Waals surface area contributed by atoms with Crippen LogP contribution in [-0.4, -0.2) is 19.2 Å². The van der Waals surface area contributed by atoms with Crippen molar-refractivity contribution in [1.29, 1.82) is 0 Å². The molecule has 0 atom stereocenters. The minimum Gasteiger partial charge on any atom is -0.258 e. The molecule has 0 saturated carbocycles. The molecule has 0 spiro atoms. The van der Waals surface area contributed by atoms with Crippen LogP contribution in [0.3, 0.4) is 0 Å². The van der Waals surface area contributed by atoms with Gasteiger partial charge in [0.05, 0.1) is 11.5 Å². The zero-order valence-corrected chi connectivity index (χ0v) is 8.26. The summed E-state index contributed by atoms with van der Waals surface area (Å²) >= 11 is 0. The van der Waals surface area contributed by atoms with E-state index in [1.807, 2.05) is 19.1 Å². The largest absolute Gasteiger partial charge is 0.258 e. The molecule has 0 aromatic carbocycles. The van der Waals surface area contributed by atoms with Gasteiger partial charge in [0.2, 0.25) is 0 Å². The Kier molecular flexibility index (Phi) is 1.87. The summed E-state index contributed by atoms with van der Waals surface area (Å²) in [5.41, 5.74) is 2.78. The zero-order chi connectivity index (χ0) is 9.47. The van der Waals surface area contributed by atoms with Crippen molar-refractivity contribution >= 4 is 9.84 Å². The Morgan fingerprint density at radius 1 is 1.38 bits per heavy atom. The van der Waals surface area contributed by atoms with Gasteiger partial charge in [0.1, 0.15) is 0 Å². The molecular weight excluding hydrogens is 186 g/mol.